The van der Waals surface area contributed by atoms with E-state index in [1.807, 2.05) is 6.07 Å². The van der Waals surface area contributed by atoms with Crippen molar-refractivity contribution in [3.8, 4) is 5.75 Å². The van der Waals surface area contributed by atoms with Gasteiger partial charge in [0, 0.05) is 18.8 Å². The van der Waals surface area contributed by atoms with Gasteiger partial charge in [0.05, 0.1) is 6.61 Å². The van der Waals surface area contributed by atoms with Gasteiger partial charge in [0.1, 0.15) is 30.2 Å². The second-order valence-corrected chi connectivity index (χ2v) is 4.59. The predicted molar refractivity (Wildman–Crippen MR) is 70.4 cm³/mol. The van der Waals surface area contributed by atoms with Gasteiger partial charge in [-0.25, -0.2) is 0 Å². The van der Waals surface area contributed by atoms with E-state index in [0.717, 1.165) is 5.69 Å². The predicted octanol–water partition coefficient (Wildman–Crippen LogP) is -1.09. The SMILES string of the molecule is CNc1cccc(OC2OC(CO)C(O)C(O)C2O)c1. The minimum Gasteiger partial charge on any atom is -0.462 e. The van der Waals surface area contributed by atoms with Crippen LogP contribution in [0.2, 0.25) is 0 Å². The number of anilines is 1. The van der Waals surface area contributed by atoms with Crippen molar-refractivity contribution in [1.29, 1.82) is 0 Å². The number of hydrogen-bond acceptors (Lipinski definition) is 7. The van der Waals surface area contributed by atoms with Crippen molar-refractivity contribution >= 4 is 5.69 Å². The van der Waals surface area contributed by atoms with Crippen LogP contribution in [0.3, 0.4) is 0 Å². The monoisotopic (exact) mass is 285 g/mol. The van der Waals surface area contributed by atoms with E-state index in [-0.39, 0.29) is 0 Å². The molecule has 0 saturated carbocycles. The minimum absolute atomic E-state index is 0.432. The average Bonchev–Trinajstić information content (AvgIpc) is 2.48. The Hall–Kier alpha value is -1.38. The first kappa shape index (κ1) is 15.0. The highest BCUT2D eigenvalue weighted by molar-refractivity contribution is 5.47. The molecule has 0 spiro atoms. The fourth-order valence-electron chi connectivity index (χ4n) is 2.02. The Balaban J connectivity index is 2.10. The maximum atomic E-state index is 9.85. The molecule has 0 bridgehead atoms. The average molecular weight is 285 g/mol. The van der Waals surface area contributed by atoms with Crippen LogP contribution in [0.4, 0.5) is 5.69 Å². The zero-order valence-electron chi connectivity index (χ0n) is 11.0. The van der Waals surface area contributed by atoms with Crippen LogP contribution in [0.1, 0.15) is 0 Å². The Bertz CT molecular complexity index is 441. The van der Waals surface area contributed by atoms with Crippen LogP contribution >= 0.6 is 0 Å². The molecule has 0 radical (unpaired) electrons. The third kappa shape index (κ3) is 3.02. The topological polar surface area (TPSA) is 111 Å². The summed E-state index contributed by atoms with van der Waals surface area (Å²) in [6.07, 6.45) is -6.40. The summed E-state index contributed by atoms with van der Waals surface area (Å²) in [5.74, 6) is 0.432. The van der Waals surface area contributed by atoms with Crippen molar-refractivity contribution in [2.45, 2.75) is 30.7 Å². The minimum atomic E-state index is -1.45. The fraction of sp³-hybridized carbons (Fsp3) is 0.538. The lowest BCUT2D eigenvalue weighted by Crippen LogP contribution is -2.60. The Labute approximate surface area is 116 Å². The number of rotatable bonds is 4. The van der Waals surface area contributed by atoms with E-state index in [4.69, 9.17) is 14.6 Å². The molecule has 1 fully saturated rings. The van der Waals surface area contributed by atoms with E-state index in [1.54, 1.807) is 25.2 Å². The standard InChI is InChI=1S/C13H19NO6/c1-14-7-3-2-4-8(5-7)19-13-12(18)11(17)10(16)9(6-15)20-13/h2-5,9-18H,6H2,1H3. The molecule has 1 aromatic carbocycles. The highest BCUT2D eigenvalue weighted by Crippen LogP contribution is 2.25. The van der Waals surface area contributed by atoms with E-state index in [2.05, 4.69) is 5.32 Å². The molecule has 0 aliphatic carbocycles. The largest absolute Gasteiger partial charge is 0.462 e. The van der Waals surface area contributed by atoms with Gasteiger partial charge in [0.25, 0.3) is 0 Å². The second kappa shape index (κ2) is 6.38. The first-order chi connectivity index (χ1) is 9.56. The van der Waals surface area contributed by atoms with Crippen molar-refractivity contribution in [2.75, 3.05) is 19.0 Å². The first-order valence-electron chi connectivity index (χ1n) is 6.32. The maximum Gasteiger partial charge on any atom is 0.229 e. The van der Waals surface area contributed by atoms with E-state index < -0.39 is 37.3 Å². The summed E-state index contributed by atoms with van der Waals surface area (Å²) < 4.78 is 10.7. The van der Waals surface area contributed by atoms with Crippen LogP contribution in [0.15, 0.2) is 24.3 Å². The second-order valence-electron chi connectivity index (χ2n) is 4.59. The molecule has 7 nitrogen and oxygen atoms in total. The molecule has 20 heavy (non-hydrogen) atoms. The number of benzene rings is 1. The van der Waals surface area contributed by atoms with Crippen molar-refractivity contribution < 1.29 is 29.9 Å². The Morgan fingerprint density at radius 1 is 1.20 bits per heavy atom. The number of hydrogen-bond donors (Lipinski definition) is 5. The summed E-state index contributed by atoms with van der Waals surface area (Å²) in [6.45, 7) is -0.485. The fourth-order valence-corrected chi connectivity index (χ4v) is 2.02. The summed E-state index contributed by atoms with van der Waals surface area (Å²) in [5.41, 5.74) is 0.812. The molecule has 0 aromatic heterocycles. The lowest BCUT2D eigenvalue weighted by atomic mass is 9.99. The van der Waals surface area contributed by atoms with E-state index in [1.165, 1.54) is 0 Å². The normalized spacial score (nSPS) is 33.8. The molecule has 7 heteroatoms. The number of aliphatic hydroxyl groups is 4. The van der Waals surface area contributed by atoms with Gasteiger partial charge in [0.15, 0.2) is 0 Å². The molecule has 2 rings (SSSR count). The third-order valence-electron chi connectivity index (χ3n) is 3.22. The Morgan fingerprint density at radius 2 is 1.95 bits per heavy atom. The van der Waals surface area contributed by atoms with Gasteiger partial charge >= 0.3 is 0 Å². The van der Waals surface area contributed by atoms with Gasteiger partial charge in [-0.15, -0.1) is 0 Å². The molecular formula is C13H19NO6. The van der Waals surface area contributed by atoms with E-state index >= 15 is 0 Å². The first-order valence-corrected chi connectivity index (χ1v) is 6.32. The lowest BCUT2D eigenvalue weighted by Gasteiger charge is -2.39. The van der Waals surface area contributed by atoms with Gasteiger partial charge in [-0.05, 0) is 12.1 Å². The van der Waals surface area contributed by atoms with Gasteiger partial charge in [-0.3, -0.25) is 0 Å². The number of nitrogens with one attached hydrogen (secondary N) is 1. The van der Waals surface area contributed by atoms with Crippen molar-refractivity contribution in [1.82, 2.24) is 0 Å². The highest BCUT2D eigenvalue weighted by Gasteiger charge is 2.44. The molecule has 1 aliphatic rings. The van der Waals surface area contributed by atoms with Crippen LogP contribution in [0.25, 0.3) is 0 Å². The molecule has 5 N–H and O–H groups in total. The molecule has 1 aliphatic heterocycles. The van der Waals surface area contributed by atoms with Gasteiger partial charge < -0.3 is 35.2 Å². The lowest BCUT2D eigenvalue weighted by molar-refractivity contribution is -0.277. The smallest absolute Gasteiger partial charge is 0.229 e. The quantitative estimate of drug-likeness (QED) is 0.478. The van der Waals surface area contributed by atoms with Crippen LogP contribution in [-0.4, -0.2) is 64.8 Å². The molecule has 1 heterocycles. The van der Waals surface area contributed by atoms with Crippen LogP contribution in [0, 0.1) is 0 Å². The molecule has 0 amide bonds. The van der Waals surface area contributed by atoms with Gasteiger partial charge in [0.2, 0.25) is 6.29 Å². The molecule has 5 unspecified atom stereocenters. The zero-order chi connectivity index (χ0) is 14.7. The molecule has 1 aromatic rings. The van der Waals surface area contributed by atoms with Gasteiger partial charge in [-0.1, -0.05) is 6.07 Å². The van der Waals surface area contributed by atoms with E-state index in [9.17, 15) is 15.3 Å². The Kier molecular flexibility index (Phi) is 4.79. The van der Waals surface area contributed by atoms with E-state index in [0.29, 0.717) is 5.75 Å². The van der Waals surface area contributed by atoms with Crippen molar-refractivity contribution in [3.63, 3.8) is 0 Å². The summed E-state index contributed by atoms with van der Waals surface area (Å²) in [5, 5.41) is 41.2. The van der Waals surface area contributed by atoms with Gasteiger partial charge in [-0.2, -0.15) is 0 Å². The molecule has 5 atom stereocenters. The van der Waals surface area contributed by atoms with Crippen LogP contribution < -0.4 is 10.1 Å². The molecule has 112 valence electrons. The third-order valence-corrected chi connectivity index (χ3v) is 3.22. The highest BCUT2D eigenvalue weighted by atomic mass is 16.7. The summed E-state index contributed by atoms with van der Waals surface area (Å²) >= 11 is 0. The molecule has 1 saturated heterocycles. The van der Waals surface area contributed by atoms with Crippen LogP contribution in [0.5, 0.6) is 5.75 Å². The zero-order valence-corrected chi connectivity index (χ0v) is 11.0. The Morgan fingerprint density at radius 3 is 2.60 bits per heavy atom. The number of aliphatic hydroxyl groups excluding tert-OH is 4. The maximum absolute atomic E-state index is 9.85. The summed E-state index contributed by atoms with van der Waals surface area (Å²) in [6, 6.07) is 6.95. The van der Waals surface area contributed by atoms with Crippen molar-refractivity contribution in [3.05, 3.63) is 24.3 Å². The van der Waals surface area contributed by atoms with Crippen molar-refractivity contribution in [2.24, 2.45) is 0 Å². The summed E-state index contributed by atoms with van der Waals surface area (Å²) in [7, 11) is 1.76. The number of ether oxygens (including phenoxy) is 2. The molecular weight excluding hydrogens is 266 g/mol. The summed E-state index contributed by atoms with van der Waals surface area (Å²) in [4.78, 5) is 0. The van der Waals surface area contributed by atoms with Crippen LogP contribution in [-0.2, 0) is 4.74 Å².